The van der Waals surface area contributed by atoms with Gasteiger partial charge in [-0.15, -0.1) is 0 Å². The zero-order chi connectivity index (χ0) is 14.7. The molecule has 20 heavy (non-hydrogen) atoms. The van der Waals surface area contributed by atoms with Crippen molar-refractivity contribution in [2.45, 2.75) is 19.8 Å². The smallest absolute Gasteiger partial charge is 0.256 e. The lowest BCUT2D eigenvalue weighted by molar-refractivity contribution is 0.102. The van der Waals surface area contributed by atoms with Crippen molar-refractivity contribution in [2.24, 2.45) is 0 Å². The first-order valence-electron chi connectivity index (χ1n) is 6.34. The van der Waals surface area contributed by atoms with Crippen LogP contribution in [0.25, 0.3) is 0 Å². The van der Waals surface area contributed by atoms with Gasteiger partial charge in [-0.25, -0.2) is 8.78 Å². The van der Waals surface area contributed by atoms with E-state index in [4.69, 9.17) is 0 Å². The first-order chi connectivity index (χ1) is 9.49. The van der Waals surface area contributed by atoms with Gasteiger partial charge >= 0.3 is 0 Å². The van der Waals surface area contributed by atoms with Crippen LogP contribution in [0.15, 0.2) is 42.5 Å². The quantitative estimate of drug-likeness (QED) is 0.887. The van der Waals surface area contributed by atoms with Crippen molar-refractivity contribution in [1.82, 2.24) is 0 Å². The molecule has 4 heteroatoms. The molecular weight excluding hydrogens is 260 g/mol. The first kappa shape index (κ1) is 14.2. The third-order valence-corrected chi connectivity index (χ3v) is 3.01. The molecule has 0 aliphatic carbocycles. The predicted molar refractivity (Wildman–Crippen MR) is 74.8 cm³/mol. The van der Waals surface area contributed by atoms with Crippen molar-refractivity contribution in [3.8, 4) is 0 Å². The molecule has 0 unspecified atom stereocenters. The van der Waals surface area contributed by atoms with E-state index >= 15 is 0 Å². The highest BCUT2D eigenvalue weighted by Gasteiger charge is 2.15. The summed E-state index contributed by atoms with van der Waals surface area (Å²) in [6, 6.07) is 10.2. The molecule has 2 aromatic carbocycles. The summed E-state index contributed by atoms with van der Waals surface area (Å²) in [6.45, 7) is 3.95. The van der Waals surface area contributed by atoms with Crippen molar-refractivity contribution in [3.05, 3.63) is 65.2 Å². The van der Waals surface area contributed by atoms with Gasteiger partial charge < -0.3 is 5.32 Å². The maximum atomic E-state index is 13.5. The molecule has 0 atom stereocenters. The molecule has 0 spiro atoms. The lowest BCUT2D eigenvalue weighted by Crippen LogP contribution is -2.15. The number of hydrogen-bond acceptors (Lipinski definition) is 1. The molecule has 0 aromatic heterocycles. The van der Waals surface area contributed by atoms with Crippen LogP contribution >= 0.6 is 0 Å². The van der Waals surface area contributed by atoms with Crippen LogP contribution in [0.5, 0.6) is 0 Å². The minimum absolute atomic E-state index is 0.0324. The third-order valence-electron chi connectivity index (χ3n) is 3.01. The van der Waals surface area contributed by atoms with Crippen LogP contribution in [0.4, 0.5) is 14.5 Å². The molecule has 0 saturated carbocycles. The molecule has 0 radical (unpaired) electrons. The number of carbonyl (C=O) groups is 1. The van der Waals surface area contributed by atoms with E-state index < -0.39 is 17.5 Å². The van der Waals surface area contributed by atoms with Gasteiger partial charge in [0.2, 0.25) is 0 Å². The van der Waals surface area contributed by atoms with Crippen LogP contribution in [-0.4, -0.2) is 5.91 Å². The molecule has 2 nitrogen and oxygen atoms in total. The van der Waals surface area contributed by atoms with Gasteiger partial charge in [-0.3, -0.25) is 4.79 Å². The van der Waals surface area contributed by atoms with Crippen molar-refractivity contribution >= 4 is 11.6 Å². The minimum Gasteiger partial charge on any atom is -0.319 e. The van der Waals surface area contributed by atoms with Crippen molar-refractivity contribution in [2.75, 3.05) is 5.32 Å². The first-order valence-corrected chi connectivity index (χ1v) is 6.34. The summed E-state index contributed by atoms with van der Waals surface area (Å²) in [5, 5.41) is 2.47. The Labute approximate surface area is 116 Å². The second kappa shape index (κ2) is 5.82. The fourth-order valence-electron chi connectivity index (χ4n) is 1.99. The second-order valence-corrected chi connectivity index (χ2v) is 4.82. The molecule has 0 bridgehead atoms. The van der Waals surface area contributed by atoms with Crippen molar-refractivity contribution in [3.63, 3.8) is 0 Å². The molecule has 2 aromatic rings. The summed E-state index contributed by atoms with van der Waals surface area (Å²) >= 11 is 0. The number of rotatable bonds is 3. The van der Waals surface area contributed by atoms with E-state index in [1.54, 1.807) is 12.1 Å². The van der Waals surface area contributed by atoms with Crippen LogP contribution in [-0.2, 0) is 0 Å². The Bertz CT molecular complexity index is 638. The number of amides is 1. The van der Waals surface area contributed by atoms with Crippen LogP contribution in [0.3, 0.4) is 0 Å². The number of benzene rings is 2. The highest BCUT2D eigenvalue weighted by molar-refractivity contribution is 6.05. The van der Waals surface area contributed by atoms with E-state index in [0.29, 0.717) is 5.56 Å². The van der Waals surface area contributed by atoms with Crippen LogP contribution in [0.2, 0.25) is 0 Å². The number of anilines is 1. The zero-order valence-corrected chi connectivity index (χ0v) is 11.3. The lowest BCUT2D eigenvalue weighted by atomic mass is 9.97. The zero-order valence-electron chi connectivity index (χ0n) is 11.3. The van der Waals surface area contributed by atoms with Gasteiger partial charge in [0.1, 0.15) is 11.6 Å². The fraction of sp³-hybridized carbons (Fsp3) is 0.188. The number of hydrogen-bond donors (Lipinski definition) is 1. The lowest BCUT2D eigenvalue weighted by Gasteiger charge is -2.13. The van der Waals surface area contributed by atoms with Gasteiger partial charge in [-0.05, 0) is 29.7 Å². The average Bonchev–Trinajstić information content (AvgIpc) is 2.41. The largest absolute Gasteiger partial charge is 0.319 e. The summed E-state index contributed by atoms with van der Waals surface area (Å²) in [5.41, 5.74) is 1.34. The van der Waals surface area contributed by atoms with Crippen molar-refractivity contribution < 1.29 is 13.6 Å². The maximum absolute atomic E-state index is 13.5. The van der Waals surface area contributed by atoms with E-state index in [2.05, 4.69) is 5.32 Å². The van der Waals surface area contributed by atoms with Gasteiger partial charge in [-0.2, -0.15) is 0 Å². The Hall–Kier alpha value is -2.23. The molecule has 0 saturated heterocycles. The molecule has 2 rings (SSSR count). The molecule has 0 fully saturated rings. The summed E-state index contributed by atoms with van der Waals surface area (Å²) in [5.74, 6) is -1.70. The fourth-order valence-corrected chi connectivity index (χ4v) is 1.99. The van der Waals surface area contributed by atoms with Gasteiger partial charge in [0, 0.05) is 11.6 Å². The third kappa shape index (κ3) is 3.02. The molecule has 1 N–H and O–H groups in total. The molecular formula is C16H15F2NO. The minimum atomic E-state index is -0.791. The highest BCUT2D eigenvalue weighted by Crippen LogP contribution is 2.21. The average molecular weight is 275 g/mol. The molecule has 104 valence electrons. The number of halogens is 2. The Morgan fingerprint density at radius 3 is 2.45 bits per heavy atom. The summed E-state index contributed by atoms with van der Waals surface area (Å²) in [6.07, 6.45) is 0. The molecule has 0 aliphatic heterocycles. The SMILES string of the molecule is CC(C)c1ccccc1C(=O)Nc1ccc(F)cc1F. The van der Waals surface area contributed by atoms with E-state index in [9.17, 15) is 13.6 Å². The van der Waals surface area contributed by atoms with E-state index in [-0.39, 0.29) is 11.6 Å². The second-order valence-electron chi connectivity index (χ2n) is 4.82. The Morgan fingerprint density at radius 1 is 1.10 bits per heavy atom. The Morgan fingerprint density at radius 2 is 1.80 bits per heavy atom. The van der Waals surface area contributed by atoms with Crippen LogP contribution in [0.1, 0.15) is 35.7 Å². The molecule has 1 amide bonds. The molecule has 0 heterocycles. The van der Waals surface area contributed by atoms with Crippen LogP contribution in [0, 0.1) is 11.6 Å². The highest BCUT2D eigenvalue weighted by atomic mass is 19.1. The maximum Gasteiger partial charge on any atom is 0.256 e. The van der Waals surface area contributed by atoms with E-state index in [0.717, 1.165) is 17.7 Å². The monoisotopic (exact) mass is 275 g/mol. The normalized spacial score (nSPS) is 10.7. The van der Waals surface area contributed by atoms with Crippen molar-refractivity contribution in [1.29, 1.82) is 0 Å². The predicted octanol–water partition coefficient (Wildman–Crippen LogP) is 4.34. The number of carbonyl (C=O) groups excluding carboxylic acids is 1. The van der Waals surface area contributed by atoms with Gasteiger partial charge in [-0.1, -0.05) is 32.0 Å². The summed E-state index contributed by atoms with van der Waals surface area (Å²) in [4.78, 5) is 12.2. The van der Waals surface area contributed by atoms with E-state index in [1.807, 2.05) is 26.0 Å². The van der Waals surface area contributed by atoms with Gasteiger partial charge in [0.25, 0.3) is 5.91 Å². The van der Waals surface area contributed by atoms with Crippen LogP contribution < -0.4 is 5.32 Å². The standard InChI is InChI=1S/C16H15F2NO/c1-10(2)12-5-3-4-6-13(12)16(20)19-15-8-7-11(17)9-14(15)18/h3-10H,1-2H3,(H,19,20). The summed E-state index contributed by atoms with van der Waals surface area (Å²) < 4.78 is 26.4. The van der Waals surface area contributed by atoms with Gasteiger partial charge in [0.15, 0.2) is 0 Å². The number of nitrogens with one attached hydrogen (secondary N) is 1. The van der Waals surface area contributed by atoms with E-state index in [1.165, 1.54) is 6.07 Å². The topological polar surface area (TPSA) is 29.1 Å². The Kier molecular flexibility index (Phi) is 4.13. The molecule has 0 aliphatic rings. The van der Waals surface area contributed by atoms with Gasteiger partial charge in [0.05, 0.1) is 5.69 Å². The Balaban J connectivity index is 2.29. The summed E-state index contributed by atoms with van der Waals surface area (Å²) in [7, 11) is 0.